The Morgan fingerprint density at radius 2 is 2.29 bits per heavy atom. The molecule has 0 saturated heterocycles. The number of Topliss-reactive ketones (excluding diaryl/α,β-unsaturated/α-hetero) is 1. The van der Waals surface area contributed by atoms with Gasteiger partial charge in [-0.05, 0) is 19.9 Å². The Kier molecular flexibility index (Phi) is 3.06. The molecule has 1 heterocycles. The molecule has 0 fully saturated rings. The Bertz CT molecular complexity index is 323. The van der Waals surface area contributed by atoms with Gasteiger partial charge >= 0.3 is 0 Å². The summed E-state index contributed by atoms with van der Waals surface area (Å²) in [5.41, 5.74) is -0.338. The summed E-state index contributed by atoms with van der Waals surface area (Å²) < 4.78 is 1.59. The fraction of sp³-hybridized carbons (Fsp3) is 0.600. The van der Waals surface area contributed by atoms with Crippen molar-refractivity contribution in [1.29, 1.82) is 0 Å². The average Bonchev–Trinajstić information content (AvgIpc) is 2.48. The van der Waals surface area contributed by atoms with Crippen LogP contribution in [0, 0.1) is 0 Å². The summed E-state index contributed by atoms with van der Waals surface area (Å²) in [7, 11) is 0. The van der Waals surface area contributed by atoms with Crippen LogP contribution in [0.3, 0.4) is 0 Å². The number of hydrogen-bond donors (Lipinski definition) is 1. The van der Waals surface area contributed by atoms with Gasteiger partial charge in [-0.3, -0.25) is 9.48 Å². The van der Waals surface area contributed by atoms with E-state index in [1.807, 2.05) is 0 Å². The van der Waals surface area contributed by atoms with Crippen LogP contribution in [0.15, 0.2) is 12.3 Å². The van der Waals surface area contributed by atoms with Crippen LogP contribution in [-0.4, -0.2) is 26.3 Å². The largest absolute Gasteiger partial charge is 0.389 e. The van der Waals surface area contributed by atoms with Gasteiger partial charge < -0.3 is 5.11 Å². The van der Waals surface area contributed by atoms with Crippen molar-refractivity contribution in [2.24, 2.45) is 0 Å². The van der Waals surface area contributed by atoms with Gasteiger partial charge in [0.2, 0.25) is 0 Å². The molecule has 14 heavy (non-hydrogen) atoms. The number of rotatable bonds is 4. The van der Waals surface area contributed by atoms with Crippen molar-refractivity contribution in [3.63, 3.8) is 0 Å². The first-order chi connectivity index (χ1) is 6.42. The molecule has 1 aromatic heterocycles. The van der Waals surface area contributed by atoms with E-state index >= 15 is 0 Å². The highest BCUT2D eigenvalue weighted by Crippen LogP contribution is 2.06. The maximum Gasteiger partial charge on any atom is 0.182 e. The summed E-state index contributed by atoms with van der Waals surface area (Å²) in [6.07, 6.45) is 2.17. The molecule has 1 N–H and O–H groups in total. The van der Waals surface area contributed by atoms with Gasteiger partial charge in [-0.2, -0.15) is 5.10 Å². The Morgan fingerprint density at radius 1 is 1.64 bits per heavy atom. The van der Waals surface area contributed by atoms with Crippen LogP contribution in [0.25, 0.3) is 0 Å². The Labute approximate surface area is 83.5 Å². The Hall–Kier alpha value is -1.16. The van der Waals surface area contributed by atoms with Crippen LogP contribution < -0.4 is 0 Å². The lowest BCUT2D eigenvalue weighted by molar-refractivity contribution is 0.0574. The molecule has 1 rings (SSSR count). The molecule has 0 aliphatic carbocycles. The van der Waals surface area contributed by atoms with E-state index in [-0.39, 0.29) is 5.78 Å². The van der Waals surface area contributed by atoms with Crippen molar-refractivity contribution in [3.05, 3.63) is 18.0 Å². The molecular formula is C10H16N2O2. The zero-order valence-electron chi connectivity index (χ0n) is 8.82. The molecule has 0 aromatic carbocycles. The standard InChI is InChI=1S/C10H16N2O2/c1-4-9(13)8-5-6-12(11-8)7-10(2,3)14/h5-6,14H,4,7H2,1-3H3. The van der Waals surface area contributed by atoms with Crippen LogP contribution in [0.5, 0.6) is 0 Å². The fourth-order valence-electron chi connectivity index (χ4n) is 1.18. The number of nitrogens with zero attached hydrogens (tertiary/aromatic N) is 2. The number of aromatic nitrogens is 2. The molecule has 78 valence electrons. The molecule has 0 atom stereocenters. The molecule has 0 bridgehead atoms. The van der Waals surface area contributed by atoms with Gasteiger partial charge in [0, 0.05) is 12.6 Å². The molecule has 0 unspecified atom stereocenters. The summed E-state index contributed by atoms with van der Waals surface area (Å²) >= 11 is 0. The van der Waals surface area contributed by atoms with Crippen molar-refractivity contribution in [3.8, 4) is 0 Å². The number of ketones is 1. The fourth-order valence-corrected chi connectivity index (χ4v) is 1.18. The molecule has 4 nitrogen and oxygen atoms in total. The van der Waals surface area contributed by atoms with Gasteiger partial charge in [-0.1, -0.05) is 6.92 Å². The van der Waals surface area contributed by atoms with E-state index in [1.54, 1.807) is 37.7 Å². The van der Waals surface area contributed by atoms with Gasteiger partial charge in [0.1, 0.15) is 5.69 Å². The second-order valence-corrected chi connectivity index (χ2v) is 3.99. The first-order valence-electron chi connectivity index (χ1n) is 4.71. The van der Waals surface area contributed by atoms with Crippen LogP contribution in [0.2, 0.25) is 0 Å². The van der Waals surface area contributed by atoms with Crippen LogP contribution in [0.1, 0.15) is 37.7 Å². The second-order valence-electron chi connectivity index (χ2n) is 3.99. The minimum atomic E-state index is -0.807. The number of aliphatic hydroxyl groups is 1. The van der Waals surface area contributed by atoms with Crippen molar-refractivity contribution < 1.29 is 9.90 Å². The van der Waals surface area contributed by atoms with Crippen LogP contribution >= 0.6 is 0 Å². The summed E-state index contributed by atoms with van der Waals surface area (Å²) in [5.74, 6) is 0.0273. The second kappa shape index (κ2) is 3.92. The monoisotopic (exact) mass is 196 g/mol. The zero-order valence-corrected chi connectivity index (χ0v) is 8.82. The van der Waals surface area contributed by atoms with E-state index in [0.29, 0.717) is 18.7 Å². The molecule has 0 aliphatic heterocycles. The molecule has 0 saturated carbocycles. The minimum Gasteiger partial charge on any atom is -0.389 e. The maximum atomic E-state index is 11.3. The average molecular weight is 196 g/mol. The van der Waals surface area contributed by atoms with Gasteiger partial charge in [-0.25, -0.2) is 0 Å². The van der Waals surface area contributed by atoms with Crippen molar-refractivity contribution in [1.82, 2.24) is 9.78 Å². The third-order valence-corrected chi connectivity index (χ3v) is 1.80. The van der Waals surface area contributed by atoms with Crippen molar-refractivity contribution >= 4 is 5.78 Å². The van der Waals surface area contributed by atoms with E-state index < -0.39 is 5.60 Å². The molecule has 0 amide bonds. The summed E-state index contributed by atoms with van der Waals surface area (Å²) in [5, 5.41) is 13.6. The van der Waals surface area contributed by atoms with Crippen LogP contribution in [-0.2, 0) is 6.54 Å². The van der Waals surface area contributed by atoms with E-state index in [4.69, 9.17) is 0 Å². The Balaban J connectivity index is 2.74. The maximum absolute atomic E-state index is 11.3. The lowest BCUT2D eigenvalue weighted by Crippen LogP contribution is -2.26. The molecule has 0 aliphatic rings. The summed E-state index contributed by atoms with van der Waals surface area (Å²) in [6.45, 7) is 5.60. The van der Waals surface area contributed by atoms with Crippen LogP contribution in [0.4, 0.5) is 0 Å². The van der Waals surface area contributed by atoms with E-state index in [0.717, 1.165) is 0 Å². The highest BCUT2D eigenvalue weighted by molar-refractivity contribution is 5.93. The van der Waals surface area contributed by atoms with E-state index in [1.165, 1.54) is 0 Å². The minimum absolute atomic E-state index is 0.0273. The quantitative estimate of drug-likeness (QED) is 0.737. The topological polar surface area (TPSA) is 55.1 Å². The van der Waals surface area contributed by atoms with Gasteiger partial charge in [0.15, 0.2) is 5.78 Å². The highest BCUT2D eigenvalue weighted by Gasteiger charge is 2.15. The van der Waals surface area contributed by atoms with E-state index in [9.17, 15) is 9.90 Å². The molecule has 0 radical (unpaired) electrons. The van der Waals surface area contributed by atoms with Gasteiger partial charge in [0.25, 0.3) is 0 Å². The lowest BCUT2D eigenvalue weighted by Gasteiger charge is -2.16. The predicted octanol–water partition coefficient (Wildman–Crippen LogP) is 1.25. The normalized spacial score (nSPS) is 11.7. The zero-order chi connectivity index (χ0) is 10.8. The highest BCUT2D eigenvalue weighted by atomic mass is 16.3. The molecule has 4 heteroatoms. The number of carbonyl (C=O) groups excluding carboxylic acids is 1. The smallest absolute Gasteiger partial charge is 0.182 e. The van der Waals surface area contributed by atoms with Gasteiger partial charge in [-0.15, -0.1) is 0 Å². The van der Waals surface area contributed by atoms with Gasteiger partial charge in [0.05, 0.1) is 12.1 Å². The Morgan fingerprint density at radius 3 is 2.79 bits per heavy atom. The first-order valence-corrected chi connectivity index (χ1v) is 4.71. The lowest BCUT2D eigenvalue weighted by atomic mass is 10.1. The SMILES string of the molecule is CCC(=O)c1ccn(CC(C)(C)O)n1. The van der Waals surface area contributed by atoms with E-state index in [2.05, 4.69) is 5.10 Å². The first kappa shape index (κ1) is 10.9. The third kappa shape index (κ3) is 2.96. The third-order valence-electron chi connectivity index (χ3n) is 1.80. The molecule has 1 aromatic rings. The predicted molar refractivity (Wildman–Crippen MR) is 53.1 cm³/mol. The molecular weight excluding hydrogens is 180 g/mol. The summed E-state index contributed by atoms with van der Waals surface area (Å²) in [6, 6.07) is 1.68. The van der Waals surface area contributed by atoms with Crippen molar-refractivity contribution in [2.45, 2.75) is 39.3 Å². The summed E-state index contributed by atoms with van der Waals surface area (Å²) in [4.78, 5) is 11.3. The number of hydrogen-bond acceptors (Lipinski definition) is 3. The number of carbonyl (C=O) groups is 1. The molecule has 0 spiro atoms. The van der Waals surface area contributed by atoms with Crippen molar-refractivity contribution in [2.75, 3.05) is 0 Å².